The highest BCUT2D eigenvalue weighted by molar-refractivity contribution is 6.26. The zero-order valence-electron chi connectivity index (χ0n) is 72.1. The van der Waals surface area contributed by atoms with Crippen LogP contribution in [0.1, 0.15) is 64.7 Å². The first-order chi connectivity index (χ1) is 52.1. The predicted octanol–water partition coefficient (Wildman–Crippen LogP) is 21.5. The Morgan fingerprint density at radius 3 is 1.42 bits per heavy atom. The van der Waals surface area contributed by atoms with Crippen molar-refractivity contribution in [3.8, 4) is 33.4 Å². The summed E-state index contributed by atoms with van der Waals surface area (Å²) in [6, 6.07) is 12.4. The van der Waals surface area contributed by atoms with Crippen molar-refractivity contribution < 1.29 is 46.9 Å². The van der Waals surface area contributed by atoms with Gasteiger partial charge in [-0.05, 0) is 168 Å². The normalized spacial score (nSPS) is 17.1. The topological polar surface area (TPSA) is 13.1 Å². The van der Waals surface area contributed by atoms with Gasteiger partial charge in [-0.3, -0.25) is 0 Å². The predicted molar refractivity (Wildman–Crippen MR) is 338 cm³/mol. The van der Waals surface area contributed by atoms with Crippen molar-refractivity contribution in [1.82, 2.24) is 0 Å². The van der Waals surface area contributed by atoms with Gasteiger partial charge in [0.05, 0.1) is 42.5 Å². The van der Waals surface area contributed by atoms with Crippen LogP contribution in [0.25, 0.3) is 131 Å². The van der Waals surface area contributed by atoms with Gasteiger partial charge in [0, 0.05) is 10.8 Å². The van der Waals surface area contributed by atoms with Crippen LogP contribution in [0.5, 0.6) is 0 Å². The Morgan fingerprint density at radius 1 is 0.291 bits per heavy atom. The molecular formula is C78H52O. The van der Waals surface area contributed by atoms with Crippen molar-refractivity contribution in [2.45, 2.75) is 12.8 Å². The van der Waals surface area contributed by atoms with Crippen LogP contribution in [0.4, 0.5) is 0 Å². The Bertz CT molecular complexity index is 6760. The lowest BCUT2D eigenvalue weighted by Crippen LogP contribution is -1.98. The fourth-order valence-corrected chi connectivity index (χ4v) is 10.7. The standard InChI is InChI=1S/C42H30.C36H22O/c1-3-13-33-25-30(20-21-31(33)11-1)27-42-39-18-7-5-16-37(39)41(38-17-6-8-19-40(38)42)26-29-10-9-15-34(24-29)36-23-22-32-12-2-4-14-35(32)28-36;1-2-11-23(12-3-1)34-26-15-6-8-17-28(26)35(29-18-9-7-16-27(29)34)30-19-10-20-32-36(30)31-21-24-13-4-5-14-25(24)22-33(31)37-32/h1-25,28H,26-27H2;1-22H/i1D,2D,3D,4D,5D,6D,7D,8D,9D,10D,11D,12D,13D,14D,15D,16D,17D,18D,19D,20D,21D,22D,23D,24D,25D,28D;1D,2D,3D,11D,12D. The molecule has 0 saturated carbocycles. The largest absolute Gasteiger partial charge is 0.456 e. The van der Waals surface area contributed by atoms with Crippen LogP contribution in [0, 0.1) is 0 Å². The van der Waals surface area contributed by atoms with Crippen LogP contribution in [0.3, 0.4) is 0 Å². The Hall–Kier alpha value is -10.1. The number of furan rings is 1. The minimum absolute atomic E-state index is 0.207. The monoisotopic (exact) mass is 1040 g/mol. The number of hydrogen-bond donors (Lipinski definition) is 0. The lowest BCUT2D eigenvalue weighted by atomic mass is 9.85. The summed E-state index contributed by atoms with van der Waals surface area (Å²) in [5.41, 5.74) is 1.49. The first-order valence-electron chi connectivity index (χ1n) is 40.5. The fraction of sp³-hybridized carbons (Fsp3) is 0.0256. The first-order valence-corrected chi connectivity index (χ1v) is 25.0. The van der Waals surface area contributed by atoms with Gasteiger partial charge in [0.25, 0.3) is 0 Å². The van der Waals surface area contributed by atoms with E-state index in [1.165, 1.54) is 0 Å². The maximum Gasteiger partial charge on any atom is 0.136 e. The third-order valence-electron chi connectivity index (χ3n) is 14.1. The van der Waals surface area contributed by atoms with Crippen molar-refractivity contribution in [2.75, 3.05) is 0 Å². The van der Waals surface area contributed by atoms with Crippen LogP contribution >= 0.6 is 0 Å². The zero-order chi connectivity index (χ0) is 79.2. The van der Waals surface area contributed by atoms with E-state index >= 15 is 0 Å². The molecule has 1 heteroatoms. The molecule has 0 atom stereocenters. The van der Waals surface area contributed by atoms with E-state index in [0.29, 0.717) is 5.56 Å². The Labute approximate surface area is 502 Å². The van der Waals surface area contributed by atoms with E-state index in [1.807, 2.05) is 72.8 Å². The van der Waals surface area contributed by atoms with Crippen LogP contribution in [-0.2, 0) is 12.8 Å². The summed E-state index contributed by atoms with van der Waals surface area (Å²) in [5.74, 6) is 0. The molecule has 0 unspecified atom stereocenters. The molecule has 0 saturated heterocycles. The van der Waals surface area contributed by atoms with Crippen molar-refractivity contribution in [3.63, 3.8) is 0 Å². The molecule has 0 radical (unpaired) electrons. The molecule has 0 spiro atoms. The summed E-state index contributed by atoms with van der Waals surface area (Å²) in [5, 5.41) is 4.08. The third-order valence-corrected chi connectivity index (χ3v) is 14.1. The molecule has 0 N–H and O–H groups in total. The second kappa shape index (κ2) is 19.5. The van der Waals surface area contributed by atoms with E-state index in [9.17, 15) is 8.22 Å². The van der Waals surface area contributed by atoms with Crippen molar-refractivity contribution >= 4 is 97.3 Å². The molecule has 0 aliphatic rings. The lowest BCUT2D eigenvalue weighted by molar-refractivity contribution is 0.669. The second-order valence-electron chi connectivity index (χ2n) is 18.6. The molecule has 0 fully saturated rings. The van der Waals surface area contributed by atoms with Crippen molar-refractivity contribution in [3.05, 3.63) is 313 Å². The fourth-order valence-electron chi connectivity index (χ4n) is 10.7. The lowest BCUT2D eigenvalue weighted by Gasteiger charge is -2.18. The number of fused-ring (bicyclic) bond motifs is 10. The van der Waals surface area contributed by atoms with E-state index in [2.05, 4.69) is 30.3 Å². The molecule has 1 nitrogen and oxygen atoms in total. The van der Waals surface area contributed by atoms with Crippen LogP contribution < -0.4 is 0 Å². The van der Waals surface area contributed by atoms with Gasteiger partial charge in [-0.15, -0.1) is 0 Å². The summed E-state index contributed by atoms with van der Waals surface area (Å²) in [6.07, 6.45) is -1.65. The van der Waals surface area contributed by atoms with Gasteiger partial charge in [-0.1, -0.05) is 266 Å². The van der Waals surface area contributed by atoms with Crippen LogP contribution in [-0.4, -0.2) is 0 Å². The zero-order valence-corrected chi connectivity index (χ0v) is 41.1. The smallest absolute Gasteiger partial charge is 0.136 e. The molecule has 0 bridgehead atoms. The number of rotatable bonds is 7. The Balaban J connectivity index is 0.000000194. The second-order valence-corrected chi connectivity index (χ2v) is 18.6. The SMILES string of the molecule is [2H]c1c([2H])c(Cc2c3c([2H])c([2H])c([2H])c([2H])c3c(Cc3c([2H])c([2H])c4c([2H])c([2H])c([2H])c([2H])c4c3[2H])c3c([2H])c([2H])c([2H])c([2H])c23)c([2H])c(-c2c([2H])c([2H])c3c([2H])c([2H])c([2H])c([2H])c3c2[2H])c1[2H].[2H]c1c([2H])c([2H])c(-c2c3ccccc3c(-c3cccc4oc5cc6ccccc6cc5c34)c3ccccc23)c([2H])c1[2H]. The van der Waals surface area contributed by atoms with E-state index in [1.54, 1.807) is 0 Å². The van der Waals surface area contributed by atoms with Gasteiger partial charge in [0.2, 0.25) is 0 Å². The highest BCUT2D eigenvalue weighted by atomic mass is 16.3. The molecule has 0 amide bonds. The minimum Gasteiger partial charge on any atom is -0.456 e. The Morgan fingerprint density at radius 2 is 0.785 bits per heavy atom. The van der Waals surface area contributed by atoms with Gasteiger partial charge in [-0.2, -0.15) is 0 Å². The van der Waals surface area contributed by atoms with E-state index in [4.69, 9.17) is 38.7 Å². The van der Waals surface area contributed by atoms with Gasteiger partial charge >= 0.3 is 0 Å². The molecule has 370 valence electrons. The maximum atomic E-state index is 9.48. The Kier molecular flexibility index (Phi) is 6.04. The highest BCUT2D eigenvalue weighted by Crippen LogP contribution is 2.47. The quantitative estimate of drug-likeness (QED) is 0.145. The molecule has 79 heavy (non-hydrogen) atoms. The first kappa shape index (κ1) is 24.5. The third kappa shape index (κ3) is 8.27. The van der Waals surface area contributed by atoms with Crippen LogP contribution in [0.2, 0.25) is 0 Å². The average molecular weight is 1040 g/mol. The van der Waals surface area contributed by atoms with Crippen molar-refractivity contribution in [1.29, 1.82) is 0 Å². The molecule has 16 aromatic rings. The number of benzene rings is 15. The highest BCUT2D eigenvalue weighted by Gasteiger charge is 2.21. The van der Waals surface area contributed by atoms with E-state index in [-0.39, 0.29) is 40.9 Å². The van der Waals surface area contributed by atoms with Gasteiger partial charge in [0.15, 0.2) is 0 Å². The maximum absolute atomic E-state index is 9.48. The molecule has 1 heterocycles. The summed E-state index contributed by atoms with van der Waals surface area (Å²) >= 11 is 0. The van der Waals surface area contributed by atoms with Gasteiger partial charge in [0.1, 0.15) is 11.2 Å². The summed E-state index contributed by atoms with van der Waals surface area (Å²) in [6.45, 7) is 0. The van der Waals surface area contributed by atoms with Crippen LogP contribution in [0.15, 0.2) is 295 Å². The molecule has 0 aliphatic heterocycles. The molecule has 16 rings (SSSR count). The van der Waals surface area contributed by atoms with Gasteiger partial charge in [-0.25, -0.2) is 0 Å². The minimum atomic E-state index is -0.910. The summed E-state index contributed by atoms with van der Waals surface area (Å²) in [7, 11) is 0. The number of hydrogen-bond acceptors (Lipinski definition) is 1. The molecule has 1 aromatic heterocycles. The average Bonchev–Trinajstić information content (AvgIpc) is 1.13. The van der Waals surface area contributed by atoms with E-state index in [0.717, 1.165) is 65.4 Å². The van der Waals surface area contributed by atoms with Crippen molar-refractivity contribution in [2.24, 2.45) is 0 Å². The molecule has 15 aromatic carbocycles. The summed E-state index contributed by atoms with van der Waals surface area (Å²) in [4.78, 5) is 0. The summed E-state index contributed by atoms with van der Waals surface area (Å²) < 4.78 is 278. The molecule has 0 aliphatic carbocycles. The van der Waals surface area contributed by atoms with E-state index < -0.39 is 241 Å². The molecular weight excluding hydrogens is 953 g/mol. The van der Waals surface area contributed by atoms with Gasteiger partial charge < -0.3 is 4.42 Å².